The van der Waals surface area contributed by atoms with E-state index < -0.39 is 28.9 Å². The average molecular weight is 520 g/mol. The van der Waals surface area contributed by atoms with Gasteiger partial charge in [0, 0.05) is 18.0 Å². The van der Waals surface area contributed by atoms with Crippen LogP contribution in [0, 0.1) is 17.2 Å². The van der Waals surface area contributed by atoms with Crippen molar-refractivity contribution in [1.29, 1.82) is 0 Å². The molecule has 0 aromatic heterocycles. The van der Waals surface area contributed by atoms with Gasteiger partial charge in [-0.25, -0.2) is 9.18 Å². The molecule has 1 aromatic carbocycles. The number of nitrogens with one attached hydrogen (secondary N) is 2. The molecule has 0 spiro atoms. The van der Waals surface area contributed by atoms with E-state index >= 15 is 0 Å². The van der Waals surface area contributed by atoms with E-state index in [1.54, 1.807) is 51.1 Å². The van der Waals surface area contributed by atoms with Crippen LogP contribution in [0.4, 0.5) is 4.39 Å². The predicted octanol–water partition coefficient (Wildman–Crippen LogP) is 4.21. The van der Waals surface area contributed by atoms with Gasteiger partial charge in [0.2, 0.25) is 11.8 Å². The molecule has 0 fully saturated rings. The first-order chi connectivity index (χ1) is 17.0. The van der Waals surface area contributed by atoms with Crippen molar-refractivity contribution in [3.05, 3.63) is 47.3 Å². The molecule has 1 aromatic rings. The standard InChI is InChI=1S/C29H46FN3O4/c1-12-37-27(36)19(4)16-22(18(2)3)33(11)26(35)24(28(5,6)7)32-25(34)23(31-10)29(8,9)20-14-13-15-21(30)17-20/h13-18,22-24,31H,12H2,1-11H3,(H,32,34)/t22-,23?,24-/m1/s1. The number of likely N-dealkylation sites (N-methyl/N-ethyl adjacent to an activating group) is 2. The molecule has 0 bridgehead atoms. The minimum Gasteiger partial charge on any atom is -0.463 e. The number of esters is 1. The highest BCUT2D eigenvalue weighted by Gasteiger charge is 2.41. The van der Waals surface area contributed by atoms with E-state index in [1.807, 2.05) is 48.5 Å². The van der Waals surface area contributed by atoms with Gasteiger partial charge < -0.3 is 20.3 Å². The van der Waals surface area contributed by atoms with Crippen LogP contribution < -0.4 is 10.6 Å². The van der Waals surface area contributed by atoms with Crippen LogP contribution in [0.25, 0.3) is 0 Å². The maximum absolute atomic E-state index is 13.9. The summed E-state index contributed by atoms with van der Waals surface area (Å²) in [6.45, 7) is 17.0. The largest absolute Gasteiger partial charge is 0.463 e. The van der Waals surface area contributed by atoms with Crippen molar-refractivity contribution in [3.8, 4) is 0 Å². The minimum absolute atomic E-state index is 0.00612. The number of carbonyl (C=O) groups is 3. The third-order valence-electron chi connectivity index (χ3n) is 6.74. The van der Waals surface area contributed by atoms with Crippen LogP contribution in [0.15, 0.2) is 35.9 Å². The number of benzene rings is 1. The number of hydrogen-bond acceptors (Lipinski definition) is 5. The Morgan fingerprint density at radius 3 is 2.16 bits per heavy atom. The normalized spacial score (nSPS) is 15.1. The molecule has 2 N–H and O–H groups in total. The Labute approximate surface area is 222 Å². The third kappa shape index (κ3) is 8.38. The van der Waals surface area contributed by atoms with E-state index in [0.717, 1.165) is 0 Å². The lowest BCUT2D eigenvalue weighted by Gasteiger charge is -2.40. The lowest BCUT2D eigenvalue weighted by Crippen LogP contribution is -2.61. The zero-order valence-corrected chi connectivity index (χ0v) is 24.4. The van der Waals surface area contributed by atoms with Crippen LogP contribution in [0.2, 0.25) is 0 Å². The first kappa shape index (κ1) is 32.3. The fraction of sp³-hybridized carbons (Fsp3) is 0.621. The van der Waals surface area contributed by atoms with E-state index in [0.29, 0.717) is 11.1 Å². The number of halogens is 1. The summed E-state index contributed by atoms with van der Waals surface area (Å²) in [7, 11) is 3.35. The molecule has 0 aliphatic rings. The van der Waals surface area contributed by atoms with E-state index in [2.05, 4.69) is 10.6 Å². The van der Waals surface area contributed by atoms with Gasteiger partial charge in [-0.1, -0.05) is 66.7 Å². The van der Waals surface area contributed by atoms with E-state index in [9.17, 15) is 18.8 Å². The molecule has 0 aliphatic heterocycles. The Kier molecular flexibility index (Phi) is 11.5. The van der Waals surface area contributed by atoms with Crippen molar-refractivity contribution < 1.29 is 23.5 Å². The van der Waals surface area contributed by atoms with Crippen molar-refractivity contribution in [2.24, 2.45) is 11.3 Å². The van der Waals surface area contributed by atoms with E-state index in [-0.39, 0.29) is 36.2 Å². The molecule has 2 amide bonds. The molecule has 0 radical (unpaired) electrons. The second kappa shape index (κ2) is 13.2. The number of rotatable bonds is 11. The molecule has 0 aliphatic carbocycles. The van der Waals surface area contributed by atoms with Crippen LogP contribution >= 0.6 is 0 Å². The summed E-state index contributed by atoms with van der Waals surface area (Å²) in [6, 6.07) is 4.22. The second-order valence-corrected chi connectivity index (χ2v) is 11.5. The molecule has 3 atom stereocenters. The van der Waals surface area contributed by atoms with Gasteiger partial charge in [-0.3, -0.25) is 9.59 Å². The van der Waals surface area contributed by atoms with Crippen molar-refractivity contribution in [3.63, 3.8) is 0 Å². The minimum atomic E-state index is -0.846. The molecular weight excluding hydrogens is 473 g/mol. The van der Waals surface area contributed by atoms with Crippen molar-refractivity contribution in [2.75, 3.05) is 20.7 Å². The Morgan fingerprint density at radius 1 is 1.11 bits per heavy atom. The molecule has 1 rings (SSSR count). The number of amides is 2. The van der Waals surface area contributed by atoms with Gasteiger partial charge >= 0.3 is 5.97 Å². The fourth-order valence-electron chi connectivity index (χ4n) is 4.42. The van der Waals surface area contributed by atoms with Crippen LogP contribution in [0.1, 0.15) is 67.9 Å². The van der Waals surface area contributed by atoms with Gasteiger partial charge in [-0.15, -0.1) is 0 Å². The van der Waals surface area contributed by atoms with Crippen LogP contribution in [0.3, 0.4) is 0 Å². The summed E-state index contributed by atoms with van der Waals surface area (Å²) in [5.74, 6) is -1.43. The molecule has 208 valence electrons. The molecule has 0 saturated heterocycles. The summed E-state index contributed by atoms with van der Waals surface area (Å²) in [4.78, 5) is 41.2. The molecule has 1 unspecified atom stereocenters. The molecule has 7 nitrogen and oxygen atoms in total. The highest BCUT2D eigenvalue weighted by atomic mass is 19.1. The maximum atomic E-state index is 13.9. The number of nitrogens with zero attached hydrogens (tertiary/aromatic N) is 1. The number of carbonyl (C=O) groups excluding carboxylic acids is 3. The zero-order chi connectivity index (χ0) is 28.7. The molecule has 8 heteroatoms. The Bertz CT molecular complexity index is 982. The van der Waals surface area contributed by atoms with E-state index in [4.69, 9.17) is 4.74 Å². The summed E-state index contributed by atoms with van der Waals surface area (Å²) < 4.78 is 19.0. The third-order valence-corrected chi connectivity index (χ3v) is 6.74. The Hall–Kier alpha value is -2.74. The molecule has 0 saturated carbocycles. The van der Waals surface area contributed by atoms with Crippen molar-refractivity contribution in [1.82, 2.24) is 15.5 Å². The smallest absolute Gasteiger partial charge is 0.333 e. The highest BCUT2D eigenvalue weighted by molar-refractivity contribution is 5.92. The number of hydrogen-bond donors (Lipinski definition) is 2. The van der Waals surface area contributed by atoms with Gasteiger partial charge in [0.05, 0.1) is 18.7 Å². The Morgan fingerprint density at radius 2 is 1.70 bits per heavy atom. The average Bonchev–Trinajstić information content (AvgIpc) is 2.79. The van der Waals surface area contributed by atoms with Gasteiger partial charge in [-0.2, -0.15) is 0 Å². The Balaban J connectivity index is 3.31. The zero-order valence-electron chi connectivity index (χ0n) is 24.4. The van der Waals surface area contributed by atoms with Gasteiger partial charge in [0.25, 0.3) is 0 Å². The van der Waals surface area contributed by atoms with Gasteiger partial charge in [-0.05, 0) is 49.9 Å². The SMILES string of the molecule is CCOC(=O)C(C)=C[C@H](C(C)C)N(C)C(=O)[C@@H](NC(=O)C(NC)C(C)(C)c1cccc(F)c1)C(C)(C)C. The monoisotopic (exact) mass is 519 g/mol. The van der Waals surface area contributed by atoms with Crippen molar-refractivity contribution in [2.45, 2.75) is 85.9 Å². The topological polar surface area (TPSA) is 87.7 Å². The lowest BCUT2D eigenvalue weighted by atomic mass is 9.76. The maximum Gasteiger partial charge on any atom is 0.333 e. The lowest BCUT2D eigenvalue weighted by molar-refractivity contribution is -0.141. The van der Waals surface area contributed by atoms with E-state index in [1.165, 1.54) is 12.1 Å². The van der Waals surface area contributed by atoms with Gasteiger partial charge in [0.15, 0.2) is 0 Å². The predicted molar refractivity (Wildman–Crippen MR) is 145 cm³/mol. The highest BCUT2D eigenvalue weighted by Crippen LogP contribution is 2.29. The molecule has 37 heavy (non-hydrogen) atoms. The summed E-state index contributed by atoms with van der Waals surface area (Å²) in [6.07, 6.45) is 1.74. The quantitative estimate of drug-likeness (QED) is 0.338. The van der Waals surface area contributed by atoms with Crippen molar-refractivity contribution >= 4 is 17.8 Å². The first-order valence-corrected chi connectivity index (χ1v) is 12.8. The molecule has 0 heterocycles. The molecular formula is C29H46FN3O4. The summed E-state index contributed by atoms with van der Waals surface area (Å²) in [5.41, 5.74) is -0.289. The van der Waals surface area contributed by atoms with Crippen LogP contribution in [-0.4, -0.2) is 61.5 Å². The summed E-state index contributed by atoms with van der Waals surface area (Å²) >= 11 is 0. The summed E-state index contributed by atoms with van der Waals surface area (Å²) in [5, 5.41) is 6.03. The van der Waals surface area contributed by atoms with Crippen LogP contribution in [0.5, 0.6) is 0 Å². The second-order valence-electron chi connectivity index (χ2n) is 11.5. The number of ether oxygens (including phenoxy) is 1. The van der Waals surface area contributed by atoms with Gasteiger partial charge in [0.1, 0.15) is 11.9 Å². The fourth-order valence-corrected chi connectivity index (χ4v) is 4.42. The first-order valence-electron chi connectivity index (χ1n) is 12.8. The van der Waals surface area contributed by atoms with Crippen LogP contribution in [-0.2, 0) is 24.5 Å².